The number of ether oxygens (including phenoxy) is 1. The molecule has 2 aromatic carbocycles. The Labute approximate surface area is 127 Å². The van der Waals surface area contributed by atoms with Gasteiger partial charge < -0.3 is 9.84 Å². The summed E-state index contributed by atoms with van der Waals surface area (Å²) in [4.78, 5) is 0. The van der Waals surface area contributed by atoms with Crippen LogP contribution in [-0.2, 0) is 12.0 Å². The van der Waals surface area contributed by atoms with Gasteiger partial charge in [0.2, 0.25) is 0 Å². The minimum Gasteiger partial charge on any atom is -0.488 e. The number of aliphatic hydroxyl groups is 1. The summed E-state index contributed by atoms with van der Waals surface area (Å²) in [6.07, 6.45) is 0. The lowest BCUT2D eigenvalue weighted by Crippen LogP contribution is -2.22. The van der Waals surface area contributed by atoms with Gasteiger partial charge in [-0.15, -0.1) is 0 Å². The minimum atomic E-state index is -0.229. The van der Waals surface area contributed by atoms with Crippen LogP contribution in [0.25, 0.3) is 0 Å². The molecule has 0 amide bonds. The van der Waals surface area contributed by atoms with Gasteiger partial charge in [0.25, 0.3) is 0 Å². The number of rotatable bonds is 5. The minimum absolute atomic E-state index is 0.135. The lowest BCUT2D eigenvalue weighted by atomic mass is 9.84. The quantitative estimate of drug-likeness (QED) is 0.893. The van der Waals surface area contributed by atoms with Gasteiger partial charge in [0.1, 0.15) is 12.4 Å². The Kier molecular flexibility index (Phi) is 4.69. The monoisotopic (exact) mass is 284 g/mol. The van der Waals surface area contributed by atoms with Crippen LogP contribution >= 0.6 is 0 Å². The van der Waals surface area contributed by atoms with Gasteiger partial charge in [0, 0.05) is 5.41 Å². The van der Waals surface area contributed by atoms with Crippen molar-refractivity contribution >= 4 is 0 Å². The lowest BCUT2D eigenvalue weighted by molar-refractivity contribution is 0.218. The second-order valence-electron chi connectivity index (χ2n) is 6.26. The molecule has 2 rings (SSSR count). The lowest BCUT2D eigenvalue weighted by Gasteiger charge is -2.24. The molecular formula is C19H24O2. The molecule has 112 valence electrons. The molecule has 0 aliphatic carbocycles. The smallest absolute Gasteiger partial charge is 0.125 e. The first-order valence-electron chi connectivity index (χ1n) is 7.33. The highest BCUT2D eigenvalue weighted by atomic mass is 16.5. The fraction of sp³-hybridized carbons (Fsp3) is 0.368. The van der Waals surface area contributed by atoms with Crippen molar-refractivity contribution in [3.05, 3.63) is 64.7 Å². The largest absolute Gasteiger partial charge is 0.488 e. The zero-order valence-corrected chi connectivity index (χ0v) is 13.3. The molecule has 0 fully saturated rings. The van der Waals surface area contributed by atoms with E-state index in [0.29, 0.717) is 6.61 Å². The summed E-state index contributed by atoms with van der Waals surface area (Å²) in [5.41, 5.74) is 4.31. The standard InChI is InChI=1S/C19H24O2/c1-14-10-17(19(3,4)13-20)11-15(2)18(14)21-12-16-8-6-5-7-9-16/h5-11,20H,12-13H2,1-4H3. The van der Waals surface area contributed by atoms with Crippen molar-refractivity contribution < 1.29 is 9.84 Å². The second kappa shape index (κ2) is 6.31. The maximum atomic E-state index is 9.52. The predicted molar refractivity (Wildman–Crippen MR) is 86.8 cm³/mol. The van der Waals surface area contributed by atoms with Crippen molar-refractivity contribution in [3.8, 4) is 5.75 Å². The predicted octanol–water partition coefficient (Wildman–Crippen LogP) is 4.15. The number of hydrogen-bond acceptors (Lipinski definition) is 2. The maximum Gasteiger partial charge on any atom is 0.125 e. The Bertz CT molecular complexity index is 577. The normalized spacial score (nSPS) is 11.5. The molecule has 0 spiro atoms. The zero-order chi connectivity index (χ0) is 15.5. The molecule has 0 aliphatic rings. The van der Waals surface area contributed by atoms with Gasteiger partial charge in [0.15, 0.2) is 0 Å². The van der Waals surface area contributed by atoms with Crippen molar-refractivity contribution in [2.45, 2.75) is 39.7 Å². The van der Waals surface area contributed by atoms with Crippen LogP contribution in [0.2, 0.25) is 0 Å². The fourth-order valence-corrected chi connectivity index (χ4v) is 2.39. The molecule has 1 N–H and O–H groups in total. The topological polar surface area (TPSA) is 29.5 Å². The van der Waals surface area contributed by atoms with E-state index in [1.807, 2.05) is 32.0 Å². The summed E-state index contributed by atoms with van der Waals surface area (Å²) in [5.74, 6) is 0.941. The third kappa shape index (κ3) is 3.64. The van der Waals surface area contributed by atoms with Crippen LogP contribution in [0.3, 0.4) is 0 Å². The molecule has 2 heteroatoms. The first-order chi connectivity index (χ1) is 9.94. The van der Waals surface area contributed by atoms with Crippen LogP contribution < -0.4 is 4.74 Å². The summed E-state index contributed by atoms with van der Waals surface area (Å²) in [6.45, 7) is 8.92. The van der Waals surface area contributed by atoms with E-state index in [-0.39, 0.29) is 12.0 Å². The summed E-state index contributed by atoms with van der Waals surface area (Å²) in [5, 5.41) is 9.52. The van der Waals surface area contributed by atoms with E-state index in [9.17, 15) is 5.11 Å². The van der Waals surface area contributed by atoms with Gasteiger partial charge in [-0.25, -0.2) is 0 Å². The Hall–Kier alpha value is -1.80. The number of aliphatic hydroxyl groups excluding tert-OH is 1. The first kappa shape index (κ1) is 15.6. The highest BCUT2D eigenvalue weighted by Crippen LogP contribution is 2.31. The number of hydrogen-bond donors (Lipinski definition) is 1. The van der Waals surface area contributed by atoms with Crippen molar-refractivity contribution in [2.75, 3.05) is 6.61 Å². The molecule has 0 saturated carbocycles. The van der Waals surface area contributed by atoms with E-state index in [1.54, 1.807) is 0 Å². The van der Waals surface area contributed by atoms with Crippen LogP contribution in [0.5, 0.6) is 5.75 Å². The van der Waals surface area contributed by atoms with Crippen molar-refractivity contribution in [1.29, 1.82) is 0 Å². The van der Waals surface area contributed by atoms with Crippen LogP contribution in [0.15, 0.2) is 42.5 Å². The molecule has 0 bridgehead atoms. The summed E-state index contributed by atoms with van der Waals surface area (Å²) in [7, 11) is 0. The molecule has 0 saturated heterocycles. The van der Waals surface area contributed by atoms with Gasteiger partial charge >= 0.3 is 0 Å². The SMILES string of the molecule is Cc1cc(C(C)(C)CO)cc(C)c1OCc1ccccc1. The van der Waals surface area contributed by atoms with Crippen LogP contribution in [0.4, 0.5) is 0 Å². The molecule has 2 aromatic rings. The zero-order valence-electron chi connectivity index (χ0n) is 13.3. The Morgan fingerprint density at radius 3 is 2.10 bits per heavy atom. The van der Waals surface area contributed by atoms with Gasteiger partial charge in [-0.2, -0.15) is 0 Å². The van der Waals surface area contributed by atoms with E-state index >= 15 is 0 Å². The fourth-order valence-electron chi connectivity index (χ4n) is 2.39. The average Bonchev–Trinajstić information content (AvgIpc) is 2.47. The van der Waals surface area contributed by atoms with Crippen LogP contribution in [0.1, 0.15) is 36.1 Å². The van der Waals surface area contributed by atoms with Crippen molar-refractivity contribution in [2.24, 2.45) is 0 Å². The van der Waals surface area contributed by atoms with Crippen LogP contribution in [0, 0.1) is 13.8 Å². The second-order valence-corrected chi connectivity index (χ2v) is 6.26. The van der Waals surface area contributed by atoms with E-state index in [1.165, 1.54) is 0 Å². The van der Waals surface area contributed by atoms with Crippen molar-refractivity contribution in [3.63, 3.8) is 0 Å². The molecule has 0 heterocycles. The van der Waals surface area contributed by atoms with Gasteiger partial charge in [-0.05, 0) is 36.1 Å². The van der Waals surface area contributed by atoms with E-state index in [4.69, 9.17) is 4.74 Å². The number of aryl methyl sites for hydroxylation is 2. The summed E-state index contributed by atoms with van der Waals surface area (Å²) < 4.78 is 5.99. The first-order valence-corrected chi connectivity index (χ1v) is 7.33. The average molecular weight is 284 g/mol. The van der Waals surface area contributed by atoms with Gasteiger partial charge in [0.05, 0.1) is 6.61 Å². The molecule has 21 heavy (non-hydrogen) atoms. The molecule has 0 aromatic heterocycles. The maximum absolute atomic E-state index is 9.52. The Morgan fingerprint density at radius 2 is 1.57 bits per heavy atom. The van der Waals surface area contributed by atoms with Crippen LogP contribution in [-0.4, -0.2) is 11.7 Å². The number of benzene rings is 2. The van der Waals surface area contributed by atoms with E-state index in [0.717, 1.165) is 28.0 Å². The van der Waals surface area contributed by atoms with Gasteiger partial charge in [-0.3, -0.25) is 0 Å². The summed E-state index contributed by atoms with van der Waals surface area (Å²) in [6, 6.07) is 14.4. The third-order valence-corrected chi connectivity index (χ3v) is 3.86. The molecular weight excluding hydrogens is 260 g/mol. The molecule has 0 radical (unpaired) electrons. The highest BCUT2D eigenvalue weighted by molar-refractivity contribution is 5.45. The van der Waals surface area contributed by atoms with Crippen molar-refractivity contribution in [1.82, 2.24) is 0 Å². The highest BCUT2D eigenvalue weighted by Gasteiger charge is 2.21. The van der Waals surface area contributed by atoms with E-state index < -0.39 is 0 Å². The summed E-state index contributed by atoms with van der Waals surface area (Å²) >= 11 is 0. The van der Waals surface area contributed by atoms with Gasteiger partial charge in [-0.1, -0.05) is 56.3 Å². The molecule has 0 unspecified atom stereocenters. The van der Waals surface area contributed by atoms with E-state index in [2.05, 4.69) is 38.1 Å². The molecule has 0 aliphatic heterocycles. The molecule has 0 atom stereocenters. The third-order valence-electron chi connectivity index (χ3n) is 3.86. The Balaban J connectivity index is 2.22. The molecule has 2 nitrogen and oxygen atoms in total. The Morgan fingerprint density at radius 1 is 1.00 bits per heavy atom.